The largest absolute Gasteiger partial charge is 0.481 e. The number of nitrogens with zero attached hydrogens (tertiary/aromatic N) is 1. The molecule has 2 unspecified atom stereocenters. The number of hydrogen-bond donors (Lipinski definition) is 2. The predicted octanol–water partition coefficient (Wildman–Crippen LogP) is 0.450. The van der Waals surface area contributed by atoms with Gasteiger partial charge in [-0.3, -0.25) is 9.59 Å². The van der Waals surface area contributed by atoms with Crippen molar-refractivity contribution >= 4 is 11.9 Å². The Morgan fingerprint density at radius 1 is 1.29 bits per heavy atom. The molecule has 0 aromatic rings. The van der Waals surface area contributed by atoms with Crippen LogP contribution in [0.15, 0.2) is 0 Å². The molecule has 1 aliphatic carbocycles. The zero-order valence-corrected chi connectivity index (χ0v) is 10.2. The van der Waals surface area contributed by atoms with Crippen molar-refractivity contribution in [2.75, 3.05) is 13.1 Å². The molecule has 2 N–H and O–H groups in total. The zero-order valence-electron chi connectivity index (χ0n) is 10.2. The van der Waals surface area contributed by atoms with Crippen LogP contribution in [0.3, 0.4) is 0 Å². The highest BCUT2D eigenvalue weighted by Gasteiger charge is 2.35. The van der Waals surface area contributed by atoms with E-state index in [9.17, 15) is 9.59 Å². The number of aliphatic carboxylic acids is 1. The van der Waals surface area contributed by atoms with E-state index in [2.05, 4.69) is 5.32 Å². The van der Waals surface area contributed by atoms with E-state index in [4.69, 9.17) is 5.11 Å². The number of amides is 1. The van der Waals surface area contributed by atoms with Gasteiger partial charge in [-0.15, -0.1) is 0 Å². The molecule has 2 atom stereocenters. The van der Waals surface area contributed by atoms with Crippen molar-refractivity contribution in [3.05, 3.63) is 0 Å². The molecule has 2 rings (SSSR count). The van der Waals surface area contributed by atoms with E-state index in [1.807, 2.05) is 6.92 Å². The van der Waals surface area contributed by atoms with Gasteiger partial charge in [0.05, 0.1) is 5.92 Å². The summed E-state index contributed by atoms with van der Waals surface area (Å²) in [6.07, 6.45) is 3.44. The second kappa shape index (κ2) is 5.04. The van der Waals surface area contributed by atoms with Crippen molar-refractivity contribution in [1.82, 2.24) is 10.2 Å². The molecule has 0 spiro atoms. The van der Waals surface area contributed by atoms with Crippen molar-refractivity contribution in [1.29, 1.82) is 0 Å². The summed E-state index contributed by atoms with van der Waals surface area (Å²) in [4.78, 5) is 24.5. The van der Waals surface area contributed by atoms with E-state index in [0.29, 0.717) is 32.0 Å². The maximum absolute atomic E-state index is 11.7. The molecule has 1 saturated carbocycles. The quantitative estimate of drug-likeness (QED) is 0.748. The van der Waals surface area contributed by atoms with E-state index in [1.54, 1.807) is 4.90 Å². The highest BCUT2D eigenvalue weighted by Crippen LogP contribution is 2.24. The molecular formula is C12H20N2O3. The number of carbonyl (C=O) groups is 2. The number of hydrogen-bond acceptors (Lipinski definition) is 3. The van der Waals surface area contributed by atoms with E-state index in [0.717, 1.165) is 0 Å². The van der Waals surface area contributed by atoms with Crippen LogP contribution in [-0.4, -0.2) is 47.1 Å². The fourth-order valence-corrected chi connectivity index (χ4v) is 2.41. The van der Waals surface area contributed by atoms with Crippen LogP contribution < -0.4 is 5.32 Å². The monoisotopic (exact) mass is 240 g/mol. The van der Waals surface area contributed by atoms with Crippen molar-refractivity contribution in [3.8, 4) is 0 Å². The Kier molecular flexibility index (Phi) is 3.66. The number of piperidine rings is 1. The molecule has 0 bridgehead atoms. The highest BCUT2D eigenvalue weighted by atomic mass is 16.4. The molecule has 96 valence electrons. The molecule has 5 nitrogen and oxygen atoms in total. The Morgan fingerprint density at radius 2 is 2.00 bits per heavy atom. The van der Waals surface area contributed by atoms with Crippen LogP contribution in [-0.2, 0) is 9.59 Å². The number of rotatable bonds is 4. The molecule has 2 fully saturated rings. The molecule has 1 aliphatic heterocycles. The van der Waals surface area contributed by atoms with Crippen LogP contribution in [0.1, 0.15) is 32.6 Å². The lowest BCUT2D eigenvalue weighted by Crippen LogP contribution is -2.53. The minimum Gasteiger partial charge on any atom is -0.481 e. The maximum atomic E-state index is 11.7. The van der Waals surface area contributed by atoms with Crippen LogP contribution in [0.25, 0.3) is 0 Å². The minimum atomic E-state index is -0.791. The Labute approximate surface area is 101 Å². The number of likely N-dealkylation sites (tertiary alicyclic amines) is 1. The summed E-state index contributed by atoms with van der Waals surface area (Å²) in [5, 5.41) is 12.5. The van der Waals surface area contributed by atoms with E-state index in [-0.39, 0.29) is 11.9 Å². The fraction of sp³-hybridized carbons (Fsp3) is 0.833. The summed E-state index contributed by atoms with van der Waals surface area (Å²) in [7, 11) is 0. The Bertz CT molecular complexity index is 315. The summed E-state index contributed by atoms with van der Waals surface area (Å²) in [6, 6.07) is 0.693. The number of carboxylic acids is 1. The van der Waals surface area contributed by atoms with Crippen molar-refractivity contribution in [2.45, 2.75) is 44.7 Å². The van der Waals surface area contributed by atoms with Crippen molar-refractivity contribution in [3.63, 3.8) is 0 Å². The average molecular weight is 240 g/mol. The van der Waals surface area contributed by atoms with Gasteiger partial charge in [0.25, 0.3) is 0 Å². The summed E-state index contributed by atoms with van der Waals surface area (Å²) in [5.74, 6) is -1.16. The SMILES string of the molecule is CCC(=O)N1CC(NC2CC2)CC(C(=O)O)C1. The summed E-state index contributed by atoms with van der Waals surface area (Å²) < 4.78 is 0. The lowest BCUT2D eigenvalue weighted by molar-refractivity contribution is -0.146. The van der Waals surface area contributed by atoms with Gasteiger partial charge in [-0.2, -0.15) is 0 Å². The Balaban J connectivity index is 1.97. The first-order valence-corrected chi connectivity index (χ1v) is 6.36. The predicted molar refractivity (Wildman–Crippen MR) is 62.6 cm³/mol. The molecule has 17 heavy (non-hydrogen) atoms. The van der Waals surface area contributed by atoms with Gasteiger partial charge in [0.15, 0.2) is 0 Å². The normalized spacial score (nSPS) is 29.1. The lowest BCUT2D eigenvalue weighted by Gasteiger charge is -2.36. The fourth-order valence-electron chi connectivity index (χ4n) is 2.41. The van der Waals surface area contributed by atoms with Gasteiger partial charge in [-0.25, -0.2) is 0 Å². The summed E-state index contributed by atoms with van der Waals surface area (Å²) >= 11 is 0. The van der Waals surface area contributed by atoms with Crippen LogP contribution in [0.5, 0.6) is 0 Å². The van der Waals surface area contributed by atoms with Crippen LogP contribution in [0.4, 0.5) is 0 Å². The van der Waals surface area contributed by atoms with Crippen LogP contribution in [0, 0.1) is 5.92 Å². The number of carboxylic acid groups (broad SMARTS) is 1. The molecule has 5 heteroatoms. The molecular weight excluding hydrogens is 220 g/mol. The average Bonchev–Trinajstić information content (AvgIpc) is 3.11. The van der Waals surface area contributed by atoms with Crippen LogP contribution >= 0.6 is 0 Å². The van der Waals surface area contributed by atoms with Gasteiger partial charge >= 0.3 is 5.97 Å². The molecule has 0 aromatic heterocycles. The summed E-state index contributed by atoms with van der Waals surface area (Å²) in [5.41, 5.74) is 0. The molecule has 1 saturated heterocycles. The first-order valence-electron chi connectivity index (χ1n) is 6.36. The lowest BCUT2D eigenvalue weighted by atomic mass is 9.94. The summed E-state index contributed by atoms with van der Waals surface area (Å²) in [6.45, 7) is 2.84. The second-order valence-corrected chi connectivity index (χ2v) is 5.06. The molecule has 1 amide bonds. The van der Waals surface area contributed by atoms with Gasteiger partial charge in [0.2, 0.25) is 5.91 Å². The van der Waals surface area contributed by atoms with Crippen LogP contribution in [0.2, 0.25) is 0 Å². The third-order valence-electron chi connectivity index (χ3n) is 3.50. The van der Waals surface area contributed by atoms with E-state index >= 15 is 0 Å². The zero-order chi connectivity index (χ0) is 12.4. The van der Waals surface area contributed by atoms with Gasteiger partial charge in [-0.05, 0) is 19.3 Å². The smallest absolute Gasteiger partial charge is 0.308 e. The first-order chi connectivity index (χ1) is 8.10. The maximum Gasteiger partial charge on any atom is 0.308 e. The van der Waals surface area contributed by atoms with Gasteiger partial charge in [0, 0.05) is 31.6 Å². The molecule has 0 radical (unpaired) electrons. The number of carbonyl (C=O) groups excluding carboxylic acids is 1. The third-order valence-corrected chi connectivity index (χ3v) is 3.50. The first kappa shape index (κ1) is 12.4. The van der Waals surface area contributed by atoms with E-state index < -0.39 is 11.9 Å². The van der Waals surface area contributed by atoms with Gasteiger partial charge < -0.3 is 15.3 Å². The Morgan fingerprint density at radius 3 is 2.53 bits per heavy atom. The van der Waals surface area contributed by atoms with Crippen molar-refractivity contribution in [2.24, 2.45) is 5.92 Å². The topological polar surface area (TPSA) is 69.6 Å². The molecule has 2 aliphatic rings. The standard InChI is InChI=1S/C12H20N2O3/c1-2-11(15)14-6-8(12(16)17)5-10(7-14)13-9-3-4-9/h8-10,13H,2-7H2,1H3,(H,16,17). The highest BCUT2D eigenvalue weighted by molar-refractivity contribution is 5.77. The molecule has 0 aromatic carbocycles. The van der Waals surface area contributed by atoms with Crippen molar-refractivity contribution < 1.29 is 14.7 Å². The minimum absolute atomic E-state index is 0.0542. The second-order valence-electron chi connectivity index (χ2n) is 5.06. The van der Waals surface area contributed by atoms with Gasteiger partial charge in [-0.1, -0.05) is 6.92 Å². The Hall–Kier alpha value is -1.10. The molecule has 1 heterocycles. The van der Waals surface area contributed by atoms with E-state index in [1.165, 1.54) is 12.8 Å². The van der Waals surface area contributed by atoms with Gasteiger partial charge in [0.1, 0.15) is 0 Å². The third kappa shape index (κ3) is 3.19. The number of nitrogens with one attached hydrogen (secondary N) is 1.